The fourth-order valence-electron chi connectivity index (χ4n) is 2.53. The van der Waals surface area contributed by atoms with Gasteiger partial charge in [0, 0.05) is 28.3 Å². The predicted molar refractivity (Wildman–Crippen MR) is 87.9 cm³/mol. The molecular formula is C17H16BrFN2. The predicted octanol–water partition coefficient (Wildman–Crippen LogP) is 4.31. The van der Waals surface area contributed by atoms with Crippen molar-refractivity contribution in [2.75, 3.05) is 7.05 Å². The number of rotatable bonds is 4. The maximum atomic E-state index is 13.9. The van der Waals surface area contributed by atoms with Gasteiger partial charge in [0.25, 0.3) is 0 Å². The molecule has 2 nitrogen and oxygen atoms in total. The third-order valence-corrected chi connectivity index (χ3v) is 4.06. The van der Waals surface area contributed by atoms with Gasteiger partial charge in [-0.3, -0.25) is 0 Å². The number of benzene rings is 2. The molecule has 21 heavy (non-hydrogen) atoms. The summed E-state index contributed by atoms with van der Waals surface area (Å²) in [7, 11) is 1.93. The van der Waals surface area contributed by atoms with Crippen molar-refractivity contribution in [1.29, 1.82) is 0 Å². The van der Waals surface area contributed by atoms with Crippen LogP contribution in [0.3, 0.4) is 0 Å². The van der Waals surface area contributed by atoms with E-state index in [-0.39, 0.29) is 5.82 Å². The first kappa shape index (κ1) is 14.3. The van der Waals surface area contributed by atoms with Gasteiger partial charge in [-0.1, -0.05) is 28.1 Å². The fourth-order valence-corrected chi connectivity index (χ4v) is 2.94. The van der Waals surface area contributed by atoms with E-state index < -0.39 is 0 Å². The molecule has 4 heteroatoms. The number of hydrogen-bond donors (Lipinski definition) is 1. The van der Waals surface area contributed by atoms with Gasteiger partial charge in [0.1, 0.15) is 5.82 Å². The van der Waals surface area contributed by atoms with Gasteiger partial charge in [0.15, 0.2) is 0 Å². The molecule has 0 fully saturated rings. The second-order valence-corrected chi connectivity index (χ2v) is 6.02. The molecule has 0 saturated heterocycles. The molecule has 1 N–H and O–H groups in total. The second-order valence-electron chi connectivity index (χ2n) is 5.10. The van der Waals surface area contributed by atoms with E-state index in [1.165, 1.54) is 17.0 Å². The van der Waals surface area contributed by atoms with Crippen molar-refractivity contribution in [3.63, 3.8) is 0 Å². The van der Waals surface area contributed by atoms with Crippen LogP contribution in [0.4, 0.5) is 4.39 Å². The van der Waals surface area contributed by atoms with Crippen LogP contribution < -0.4 is 5.32 Å². The van der Waals surface area contributed by atoms with Gasteiger partial charge in [-0.2, -0.15) is 0 Å². The zero-order valence-corrected chi connectivity index (χ0v) is 13.3. The number of nitrogens with zero attached hydrogens (tertiary/aromatic N) is 1. The van der Waals surface area contributed by atoms with E-state index in [2.05, 4.69) is 50.1 Å². The van der Waals surface area contributed by atoms with Crippen LogP contribution in [-0.2, 0) is 13.1 Å². The zero-order chi connectivity index (χ0) is 14.8. The van der Waals surface area contributed by atoms with E-state index in [4.69, 9.17) is 0 Å². The van der Waals surface area contributed by atoms with E-state index in [1.54, 1.807) is 6.07 Å². The summed E-state index contributed by atoms with van der Waals surface area (Å²) < 4.78 is 16.9. The first-order valence-corrected chi connectivity index (χ1v) is 7.63. The fraction of sp³-hybridized carbons (Fsp3) is 0.176. The van der Waals surface area contributed by atoms with Crippen LogP contribution in [0, 0.1) is 5.82 Å². The molecule has 0 unspecified atom stereocenters. The van der Waals surface area contributed by atoms with Crippen LogP contribution in [0.1, 0.15) is 11.1 Å². The molecule has 1 heterocycles. The first-order chi connectivity index (χ1) is 10.2. The quantitative estimate of drug-likeness (QED) is 0.744. The van der Waals surface area contributed by atoms with E-state index in [1.807, 2.05) is 19.3 Å². The van der Waals surface area contributed by atoms with Crippen molar-refractivity contribution >= 4 is 26.8 Å². The van der Waals surface area contributed by atoms with Crippen LogP contribution in [0.2, 0.25) is 0 Å². The largest absolute Gasteiger partial charge is 0.343 e. The highest BCUT2D eigenvalue weighted by Crippen LogP contribution is 2.21. The van der Waals surface area contributed by atoms with Crippen molar-refractivity contribution in [1.82, 2.24) is 9.88 Å². The SMILES string of the molecule is CNCc1ccc2ccn(Cc3cc(Br)ccc3F)c2c1. The Morgan fingerprint density at radius 2 is 2.00 bits per heavy atom. The van der Waals surface area contributed by atoms with Gasteiger partial charge in [0.2, 0.25) is 0 Å². The Balaban J connectivity index is 2.00. The van der Waals surface area contributed by atoms with Gasteiger partial charge < -0.3 is 9.88 Å². The van der Waals surface area contributed by atoms with Crippen molar-refractivity contribution in [3.05, 3.63) is 70.1 Å². The Hall–Kier alpha value is -1.65. The lowest BCUT2D eigenvalue weighted by Gasteiger charge is -2.09. The maximum Gasteiger partial charge on any atom is 0.128 e. The van der Waals surface area contributed by atoms with E-state index in [0.29, 0.717) is 12.1 Å². The molecular weight excluding hydrogens is 331 g/mol. The Morgan fingerprint density at radius 1 is 1.14 bits per heavy atom. The minimum absolute atomic E-state index is 0.175. The standard InChI is InChI=1S/C17H16BrFN2/c1-20-10-12-2-3-13-6-7-21(17(13)8-12)11-14-9-15(18)4-5-16(14)19/h2-9,20H,10-11H2,1H3. The number of hydrogen-bond acceptors (Lipinski definition) is 1. The van der Waals surface area contributed by atoms with Crippen LogP contribution in [-0.4, -0.2) is 11.6 Å². The average molecular weight is 347 g/mol. The van der Waals surface area contributed by atoms with Gasteiger partial charge >= 0.3 is 0 Å². The molecule has 3 aromatic rings. The van der Waals surface area contributed by atoms with Crippen LogP contribution in [0.15, 0.2) is 53.1 Å². The lowest BCUT2D eigenvalue weighted by molar-refractivity contribution is 0.601. The van der Waals surface area contributed by atoms with Crippen LogP contribution in [0.25, 0.3) is 10.9 Å². The summed E-state index contributed by atoms with van der Waals surface area (Å²) in [6, 6.07) is 13.5. The summed E-state index contributed by atoms with van der Waals surface area (Å²) in [6.45, 7) is 1.35. The van der Waals surface area contributed by atoms with Gasteiger partial charge in [-0.25, -0.2) is 4.39 Å². The number of nitrogens with one attached hydrogen (secondary N) is 1. The van der Waals surface area contributed by atoms with Gasteiger partial charge in [-0.15, -0.1) is 0 Å². The summed E-state index contributed by atoms with van der Waals surface area (Å²) in [5, 5.41) is 4.32. The summed E-state index contributed by atoms with van der Waals surface area (Å²) in [5.41, 5.74) is 3.03. The average Bonchev–Trinajstić information content (AvgIpc) is 2.86. The van der Waals surface area contributed by atoms with E-state index >= 15 is 0 Å². The van der Waals surface area contributed by atoms with Gasteiger partial charge in [0.05, 0.1) is 6.54 Å². The normalized spacial score (nSPS) is 11.2. The third-order valence-electron chi connectivity index (χ3n) is 3.57. The molecule has 0 saturated carbocycles. The molecule has 0 aliphatic carbocycles. The lowest BCUT2D eigenvalue weighted by Crippen LogP contribution is -2.05. The molecule has 1 aromatic heterocycles. The molecule has 0 radical (unpaired) electrons. The molecule has 0 atom stereocenters. The minimum atomic E-state index is -0.175. The molecule has 108 valence electrons. The highest BCUT2D eigenvalue weighted by molar-refractivity contribution is 9.10. The molecule has 0 amide bonds. The lowest BCUT2D eigenvalue weighted by atomic mass is 10.1. The smallest absolute Gasteiger partial charge is 0.128 e. The summed E-state index contributed by atoms with van der Waals surface area (Å²) >= 11 is 3.40. The van der Waals surface area contributed by atoms with Crippen molar-refractivity contribution in [2.24, 2.45) is 0 Å². The van der Waals surface area contributed by atoms with Crippen LogP contribution in [0.5, 0.6) is 0 Å². The molecule has 3 rings (SSSR count). The number of fused-ring (bicyclic) bond motifs is 1. The van der Waals surface area contributed by atoms with E-state index in [9.17, 15) is 4.39 Å². The minimum Gasteiger partial charge on any atom is -0.343 e. The van der Waals surface area contributed by atoms with Crippen molar-refractivity contribution in [3.8, 4) is 0 Å². The zero-order valence-electron chi connectivity index (χ0n) is 11.7. The molecule has 0 spiro atoms. The highest BCUT2D eigenvalue weighted by atomic mass is 79.9. The molecule has 0 bridgehead atoms. The van der Waals surface area contributed by atoms with Crippen LogP contribution >= 0.6 is 15.9 Å². The monoisotopic (exact) mass is 346 g/mol. The Morgan fingerprint density at radius 3 is 2.81 bits per heavy atom. The first-order valence-electron chi connectivity index (χ1n) is 6.83. The maximum absolute atomic E-state index is 13.9. The Bertz CT molecular complexity index is 780. The number of aromatic nitrogens is 1. The molecule has 0 aliphatic heterocycles. The highest BCUT2D eigenvalue weighted by Gasteiger charge is 2.07. The molecule has 2 aromatic carbocycles. The van der Waals surface area contributed by atoms with E-state index in [0.717, 1.165) is 16.5 Å². The molecule has 0 aliphatic rings. The van der Waals surface area contributed by atoms with Crippen molar-refractivity contribution in [2.45, 2.75) is 13.1 Å². The summed E-state index contributed by atoms with van der Waals surface area (Å²) in [6.07, 6.45) is 2.01. The topological polar surface area (TPSA) is 17.0 Å². The second kappa shape index (κ2) is 6.00. The Labute approximate surface area is 131 Å². The summed E-state index contributed by atoms with van der Waals surface area (Å²) in [4.78, 5) is 0. The van der Waals surface area contributed by atoms with Crippen molar-refractivity contribution < 1.29 is 4.39 Å². The van der Waals surface area contributed by atoms with Gasteiger partial charge in [-0.05, 0) is 48.3 Å². The number of halogens is 2. The third kappa shape index (κ3) is 3.01. The summed E-state index contributed by atoms with van der Waals surface area (Å²) in [5.74, 6) is -0.175. The Kier molecular flexibility index (Phi) is 4.08.